The SMILES string of the molecule is CC(C)C[C@H](NC(=O)CNC(=O)c1cc(Cl)ccc1OC(C)C)C(=O)O. The zero-order valence-corrected chi connectivity index (χ0v) is 16.1. The van der Waals surface area contributed by atoms with Gasteiger partial charge in [-0.2, -0.15) is 0 Å². The van der Waals surface area contributed by atoms with E-state index in [1.165, 1.54) is 6.07 Å². The standard InChI is InChI=1S/C18H25ClN2O5/c1-10(2)7-14(18(24)25)21-16(22)9-20-17(23)13-8-12(19)5-6-15(13)26-11(3)4/h5-6,8,10-11,14H,7,9H2,1-4H3,(H,20,23)(H,21,22)(H,24,25)/t14-/m0/s1. The van der Waals surface area contributed by atoms with Crippen molar-refractivity contribution in [1.82, 2.24) is 10.6 Å². The first-order chi connectivity index (χ1) is 12.1. The van der Waals surface area contributed by atoms with E-state index in [1.54, 1.807) is 12.1 Å². The number of carbonyl (C=O) groups is 3. The van der Waals surface area contributed by atoms with E-state index >= 15 is 0 Å². The van der Waals surface area contributed by atoms with Gasteiger partial charge in [0.05, 0.1) is 18.2 Å². The first kappa shape index (κ1) is 21.8. The Morgan fingerprint density at radius 1 is 1.19 bits per heavy atom. The van der Waals surface area contributed by atoms with E-state index in [9.17, 15) is 14.4 Å². The second kappa shape index (κ2) is 10.0. The van der Waals surface area contributed by atoms with Crippen molar-refractivity contribution in [1.29, 1.82) is 0 Å². The highest BCUT2D eigenvalue weighted by Gasteiger charge is 2.22. The lowest BCUT2D eigenvalue weighted by Crippen LogP contribution is -2.46. The lowest BCUT2D eigenvalue weighted by Gasteiger charge is -2.17. The lowest BCUT2D eigenvalue weighted by atomic mass is 10.0. The fourth-order valence-electron chi connectivity index (χ4n) is 2.23. The number of aliphatic carboxylic acids is 1. The molecule has 26 heavy (non-hydrogen) atoms. The third-order valence-corrected chi connectivity index (χ3v) is 3.53. The monoisotopic (exact) mass is 384 g/mol. The van der Waals surface area contributed by atoms with Gasteiger partial charge in [-0.05, 0) is 44.4 Å². The molecule has 0 bridgehead atoms. The third-order valence-electron chi connectivity index (χ3n) is 3.30. The zero-order chi connectivity index (χ0) is 19.9. The van der Waals surface area contributed by atoms with Gasteiger partial charge < -0.3 is 20.5 Å². The normalized spacial score (nSPS) is 12.0. The first-order valence-corrected chi connectivity index (χ1v) is 8.74. The smallest absolute Gasteiger partial charge is 0.326 e. The van der Waals surface area contributed by atoms with Crippen LogP contribution < -0.4 is 15.4 Å². The van der Waals surface area contributed by atoms with Crippen molar-refractivity contribution in [3.63, 3.8) is 0 Å². The van der Waals surface area contributed by atoms with Crippen molar-refractivity contribution in [3.05, 3.63) is 28.8 Å². The quantitative estimate of drug-likeness (QED) is 0.606. The van der Waals surface area contributed by atoms with E-state index in [4.69, 9.17) is 21.4 Å². The molecule has 8 heteroatoms. The number of benzene rings is 1. The average molecular weight is 385 g/mol. The van der Waals surface area contributed by atoms with Crippen molar-refractivity contribution in [2.45, 2.75) is 46.3 Å². The number of halogens is 1. The Kier molecular flexibility index (Phi) is 8.38. The number of carboxylic acid groups (broad SMARTS) is 1. The predicted molar refractivity (Wildman–Crippen MR) is 98.6 cm³/mol. The number of carbonyl (C=O) groups excluding carboxylic acids is 2. The van der Waals surface area contributed by atoms with Crippen LogP contribution in [0.15, 0.2) is 18.2 Å². The number of carboxylic acids is 1. The molecule has 1 atom stereocenters. The molecule has 0 radical (unpaired) electrons. The van der Waals surface area contributed by atoms with Crippen molar-refractivity contribution in [2.24, 2.45) is 5.92 Å². The van der Waals surface area contributed by atoms with Gasteiger partial charge in [-0.15, -0.1) is 0 Å². The lowest BCUT2D eigenvalue weighted by molar-refractivity contribution is -0.142. The maximum absolute atomic E-state index is 12.4. The van der Waals surface area contributed by atoms with Crippen LogP contribution in [-0.2, 0) is 9.59 Å². The summed E-state index contributed by atoms with van der Waals surface area (Å²) in [6.45, 7) is 7.02. The molecule has 3 N–H and O–H groups in total. The molecule has 144 valence electrons. The van der Waals surface area contributed by atoms with Gasteiger partial charge in [-0.1, -0.05) is 25.4 Å². The molecule has 0 saturated heterocycles. The molecule has 2 amide bonds. The summed E-state index contributed by atoms with van der Waals surface area (Å²) in [4.78, 5) is 35.5. The van der Waals surface area contributed by atoms with Crippen molar-refractivity contribution in [2.75, 3.05) is 6.54 Å². The molecule has 0 unspecified atom stereocenters. The van der Waals surface area contributed by atoms with Crippen LogP contribution in [0.1, 0.15) is 44.5 Å². The van der Waals surface area contributed by atoms with Crippen LogP contribution in [0.2, 0.25) is 5.02 Å². The predicted octanol–water partition coefficient (Wildman–Crippen LogP) is 2.47. The molecule has 0 aromatic heterocycles. The third kappa shape index (κ3) is 7.31. The van der Waals surface area contributed by atoms with Gasteiger partial charge in [-0.25, -0.2) is 4.79 Å². The van der Waals surface area contributed by atoms with Gasteiger partial charge >= 0.3 is 5.97 Å². The zero-order valence-electron chi connectivity index (χ0n) is 15.3. The topological polar surface area (TPSA) is 105 Å². The molecular formula is C18H25ClN2O5. The van der Waals surface area contributed by atoms with Crippen LogP contribution in [0.3, 0.4) is 0 Å². The van der Waals surface area contributed by atoms with Crippen molar-refractivity contribution in [3.8, 4) is 5.75 Å². The Bertz CT molecular complexity index is 661. The molecule has 0 aliphatic carbocycles. The van der Waals surface area contributed by atoms with E-state index in [-0.39, 0.29) is 24.1 Å². The van der Waals surface area contributed by atoms with Crippen LogP contribution in [0.25, 0.3) is 0 Å². The Hall–Kier alpha value is -2.28. The fourth-order valence-corrected chi connectivity index (χ4v) is 2.40. The van der Waals surface area contributed by atoms with Crippen LogP contribution in [0.4, 0.5) is 0 Å². The second-order valence-electron chi connectivity index (χ2n) is 6.58. The molecule has 1 aromatic carbocycles. The van der Waals surface area contributed by atoms with E-state index in [2.05, 4.69) is 10.6 Å². The van der Waals surface area contributed by atoms with Crippen LogP contribution in [0, 0.1) is 5.92 Å². The summed E-state index contributed by atoms with van der Waals surface area (Å²) < 4.78 is 5.57. The Morgan fingerprint density at radius 3 is 2.38 bits per heavy atom. The van der Waals surface area contributed by atoms with Gasteiger partial charge in [0.15, 0.2) is 0 Å². The van der Waals surface area contributed by atoms with Crippen molar-refractivity contribution >= 4 is 29.4 Å². The highest BCUT2D eigenvalue weighted by atomic mass is 35.5. The molecule has 0 aliphatic rings. The highest BCUT2D eigenvalue weighted by molar-refractivity contribution is 6.31. The molecule has 0 saturated carbocycles. The number of nitrogens with one attached hydrogen (secondary N) is 2. The average Bonchev–Trinajstić information content (AvgIpc) is 2.52. The summed E-state index contributed by atoms with van der Waals surface area (Å²) in [7, 11) is 0. The molecule has 7 nitrogen and oxygen atoms in total. The summed E-state index contributed by atoms with van der Waals surface area (Å²) in [6.07, 6.45) is 0.161. The Balaban J connectivity index is 2.72. The van der Waals surface area contributed by atoms with Gasteiger partial charge in [0.2, 0.25) is 5.91 Å². The number of amides is 2. The summed E-state index contributed by atoms with van der Waals surface area (Å²) in [5.41, 5.74) is 0.205. The molecule has 0 aliphatic heterocycles. The van der Waals surface area contributed by atoms with E-state index in [1.807, 2.05) is 27.7 Å². The molecule has 0 fully saturated rings. The van der Waals surface area contributed by atoms with Crippen LogP contribution in [-0.4, -0.2) is 41.6 Å². The summed E-state index contributed by atoms with van der Waals surface area (Å²) in [5, 5.41) is 14.4. The maximum atomic E-state index is 12.4. The van der Waals surface area contributed by atoms with E-state index in [0.717, 1.165) is 0 Å². The number of ether oxygens (including phenoxy) is 1. The van der Waals surface area contributed by atoms with Gasteiger partial charge in [0.1, 0.15) is 11.8 Å². The number of hydrogen-bond acceptors (Lipinski definition) is 4. The molecule has 1 aromatic rings. The minimum atomic E-state index is -1.11. The Labute approximate surface area is 158 Å². The molecular weight excluding hydrogens is 360 g/mol. The van der Waals surface area contributed by atoms with E-state index < -0.39 is 23.8 Å². The largest absolute Gasteiger partial charge is 0.490 e. The molecule has 0 heterocycles. The first-order valence-electron chi connectivity index (χ1n) is 8.36. The minimum Gasteiger partial charge on any atom is -0.490 e. The molecule has 0 spiro atoms. The second-order valence-corrected chi connectivity index (χ2v) is 7.01. The van der Waals surface area contributed by atoms with Gasteiger partial charge in [0, 0.05) is 5.02 Å². The maximum Gasteiger partial charge on any atom is 0.326 e. The van der Waals surface area contributed by atoms with Gasteiger partial charge in [0.25, 0.3) is 5.91 Å². The summed E-state index contributed by atoms with van der Waals surface area (Å²) in [5.74, 6) is -1.77. The minimum absolute atomic E-state index is 0.105. The summed E-state index contributed by atoms with van der Waals surface area (Å²) in [6, 6.07) is 3.64. The number of rotatable bonds is 9. The van der Waals surface area contributed by atoms with Crippen molar-refractivity contribution < 1.29 is 24.2 Å². The highest BCUT2D eigenvalue weighted by Crippen LogP contribution is 2.23. The van der Waals surface area contributed by atoms with Crippen LogP contribution >= 0.6 is 11.6 Å². The van der Waals surface area contributed by atoms with Crippen LogP contribution in [0.5, 0.6) is 5.75 Å². The fraction of sp³-hybridized carbons (Fsp3) is 0.500. The Morgan fingerprint density at radius 2 is 1.85 bits per heavy atom. The number of hydrogen-bond donors (Lipinski definition) is 3. The van der Waals surface area contributed by atoms with Gasteiger partial charge in [-0.3, -0.25) is 9.59 Å². The van der Waals surface area contributed by atoms with E-state index in [0.29, 0.717) is 17.2 Å². The summed E-state index contributed by atoms with van der Waals surface area (Å²) >= 11 is 5.93. The molecule has 1 rings (SSSR count).